The lowest BCUT2D eigenvalue weighted by molar-refractivity contribution is 0.0773. The van der Waals surface area contributed by atoms with Crippen molar-refractivity contribution in [3.63, 3.8) is 0 Å². The number of aryl methyl sites for hydroxylation is 1. The number of nitrogens with zero attached hydrogens (tertiary/aromatic N) is 2. The van der Waals surface area contributed by atoms with Gasteiger partial charge in [0.25, 0.3) is 5.91 Å². The molecule has 1 aromatic carbocycles. The molecule has 0 saturated heterocycles. The second-order valence-corrected chi connectivity index (χ2v) is 7.17. The fourth-order valence-corrected chi connectivity index (χ4v) is 3.73. The molecule has 1 aliphatic rings. The molecule has 1 aromatic rings. The molecule has 5 nitrogen and oxygen atoms in total. The number of amides is 1. The van der Waals surface area contributed by atoms with E-state index in [-0.39, 0.29) is 5.91 Å². The minimum Gasteiger partial charge on any atom is -0.339 e. The Morgan fingerprint density at radius 2 is 1.95 bits per heavy atom. The molecule has 116 valence electrons. The van der Waals surface area contributed by atoms with Crippen LogP contribution in [0.5, 0.6) is 0 Å². The van der Waals surface area contributed by atoms with Crippen LogP contribution in [0.2, 0.25) is 0 Å². The highest BCUT2D eigenvalue weighted by Crippen LogP contribution is 2.30. The summed E-state index contributed by atoms with van der Waals surface area (Å²) in [5.74, 6) is -0.000668. The Kier molecular flexibility index (Phi) is 4.56. The number of sulfonamides is 1. The zero-order valence-electron chi connectivity index (χ0n) is 12.8. The first kappa shape index (κ1) is 15.8. The molecular formula is C15H22N2O3S. The van der Waals surface area contributed by atoms with Crippen LogP contribution in [-0.4, -0.2) is 45.1 Å². The smallest absolute Gasteiger partial charge is 0.253 e. The molecule has 0 radical (unpaired) electrons. The van der Waals surface area contributed by atoms with Crippen molar-refractivity contribution >= 4 is 21.6 Å². The van der Waals surface area contributed by atoms with Crippen molar-refractivity contribution in [1.82, 2.24) is 4.90 Å². The van der Waals surface area contributed by atoms with E-state index in [2.05, 4.69) is 0 Å². The first-order valence-corrected chi connectivity index (χ1v) is 9.13. The van der Waals surface area contributed by atoms with E-state index in [1.165, 1.54) is 10.6 Å². The van der Waals surface area contributed by atoms with Gasteiger partial charge in [0.15, 0.2) is 0 Å². The van der Waals surface area contributed by atoms with E-state index in [0.29, 0.717) is 30.9 Å². The van der Waals surface area contributed by atoms with Crippen molar-refractivity contribution in [1.29, 1.82) is 0 Å². The predicted octanol–water partition coefficient (Wildman–Crippen LogP) is 1.88. The van der Waals surface area contributed by atoms with Gasteiger partial charge in [-0.3, -0.25) is 9.10 Å². The third kappa shape index (κ3) is 3.20. The number of carbonyl (C=O) groups excluding carboxylic acids is 1. The Labute approximate surface area is 126 Å². The Balaban J connectivity index is 2.38. The summed E-state index contributed by atoms with van der Waals surface area (Å²) in [6, 6.07) is 5.32. The molecule has 6 heteroatoms. The second-order valence-electron chi connectivity index (χ2n) is 5.26. The summed E-state index contributed by atoms with van der Waals surface area (Å²) in [7, 11) is -3.26. The Morgan fingerprint density at radius 1 is 1.29 bits per heavy atom. The summed E-state index contributed by atoms with van der Waals surface area (Å²) < 4.78 is 25.1. The molecule has 0 saturated carbocycles. The summed E-state index contributed by atoms with van der Waals surface area (Å²) in [6.45, 7) is 5.75. The Bertz CT molecular complexity index is 636. The normalized spacial score (nSPS) is 14.7. The van der Waals surface area contributed by atoms with Crippen LogP contribution >= 0.6 is 0 Å². The standard InChI is InChI=1S/C15H22N2O3S/c1-4-16(5-2)15(18)13-8-9-14-12(11-13)7-6-10-17(14)21(3,19)20/h8-9,11H,4-7,10H2,1-3H3. The van der Waals surface area contributed by atoms with Crippen molar-refractivity contribution < 1.29 is 13.2 Å². The van der Waals surface area contributed by atoms with E-state index >= 15 is 0 Å². The minimum absolute atomic E-state index is 0.000668. The van der Waals surface area contributed by atoms with E-state index in [9.17, 15) is 13.2 Å². The number of anilines is 1. The quantitative estimate of drug-likeness (QED) is 0.853. The first-order chi connectivity index (χ1) is 9.88. The highest BCUT2D eigenvalue weighted by molar-refractivity contribution is 7.92. The van der Waals surface area contributed by atoms with Crippen LogP contribution in [0.3, 0.4) is 0 Å². The lowest BCUT2D eigenvalue weighted by Gasteiger charge is -2.29. The summed E-state index contributed by atoms with van der Waals surface area (Å²) in [4.78, 5) is 14.1. The number of carbonyl (C=O) groups is 1. The average Bonchev–Trinajstić information content (AvgIpc) is 2.46. The third-order valence-corrected chi connectivity index (χ3v) is 5.03. The van der Waals surface area contributed by atoms with Gasteiger partial charge in [-0.05, 0) is 50.5 Å². The number of hydrogen-bond acceptors (Lipinski definition) is 3. The topological polar surface area (TPSA) is 57.7 Å². The molecule has 21 heavy (non-hydrogen) atoms. The SMILES string of the molecule is CCN(CC)C(=O)c1ccc2c(c1)CCCN2S(C)(=O)=O. The van der Waals surface area contributed by atoms with Crippen molar-refractivity contribution in [3.8, 4) is 0 Å². The molecule has 2 rings (SSSR count). The van der Waals surface area contributed by atoms with Gasteiger partial charge in [0.2, 0.25) is 10.0 Å². The van der Waals surface area contributed by atoms with Crippen molar-refractivity contribution in [2.75, 3.05) is 30.2 Å². The monoisotopic (exact) mass is 310 g/mol. The number of hydrogen-bond donors (Lipinski definition) is 0. The third-order valence-electron chi connectivity index (χ3n) is 3.85. The van der Waals surface area contributed by atoms with Crippen molar-refractivity contribution in [3.05, 3.63) is 29.3 Å². The van der Waals surface area contributed by atoms with Crippen molar-refractivity contribution in [2.45, 2.75) is 26.7 Å². The van der Waals surface area contributed by atoms with Crippen LogP contribution in [-0.2, 0) is 16.4 Å². The highest BCUT2D eigenvalue weighted by Gasteiger charge is 2.25. The van der Waals surface area contributed by atoms with Gasteiger partial charge in [-0.1, -0.05) is 0 Å². The van der Waals surface area contributed by atoms with Crippen LogP contribution in [0.4, 0.5) is 5.69 Å². The number of fused-ring (bicyclic) bond motifs is 1. The van der Waals surface area contributed by atoms with Gasteiger partial charge >= 0.3 is 0 Å². The molecule has 0 aromatic heterocycles. The van der Waals surface area contributed by atoms with E-state index in [0.717, 1.165) is 18.4 Å². The van der Waals surface area contributed by atoms with E-state index in [1.54, 1.807) is 17.0 Å². The van der Waals surface area contributed by atoms with Gasteiger partial charge in [0.05, 0.1) is 11.9 Å². The van der Waals surface area contributed by atoms with Crippen molar-refractivity contribution in [2.24, 2.45) is 0 Å². The average molecular weight is 310 g/mol. The van der Waals surface area contributed by atoms with Crippen LogP contribution in [0.15, 0.2) is 18.2 Å². The predicted molar refractivity (Wildman–Crippen MR) is 84.2 cm³/mol. The maximum Gasteiger partial charge on any atom is 0.253 e. The molecular weight excluding hydrogens is 288 g/mol. The van der Waals surface area contributed by atoms with Crippen LogP contribution in [0, 0.1) is 0 Å². The molecule has 0 bridgehead atoms. The highest BCUT2D eigenvalue weighted by atomic mass is 32.2. The van der Waals surface area contributed by atoms with Crippen LogP contribution in [0.25, 0.3) is 0 Å². The van der Waals surface area contributed by atoms with Gasteiger partial charge in [-0.25, -0.2) is 8.42 Å². The molecule has 1 heterocycles. The molecule has 0 aliphatic carbocycles. The number of rotatable bonds is 4. The van der Waals surface area contributed by atoms with E-state index in [1.807, 2.05) is 19.9 Å². The minimum atomic E-state index is -3.26. The lowest BCUT2D eigenvalue weighted by Crippen LogP contribution is -2.35. The fourth-order valence-electron chi connectivity index (χ4n) is 2.73. The summed E-state index contributed by atoms with van der Waals surface area (Å²) in [5.41, 5.74) is 2.28. The molecule has 1 aliphatic heterocycles. The zero-order valence-corrected chi connectivity index (χ0v) is 13.6. The van der Waals surface area contributed by atoms with Gasteiger partial charge in [-0.2, -0.15) is 0 Å². The lowest BCUT2D eigenvalue weighted by atomic mass is 10.0. The summed E-state index contributed by atoms with van der Waals surface area (Å²) >= 11 is 0. The molecule has 0 atom stereocenters. The first-order valence-electron chi connectivity index (χ1n) is 7.28. The van der Waals surface area contributed by atoms with E-state index < -0.39 is 10.0 Å². The van der Waals surface area contributed by atoms with Crippen LogP contribution in [0.1, 0.15) is 36.2 Å². The molecule has 0 fully saturated rings. The molecule has 0 N–H and O–H groups in total. The maximum atomic E-state index is 12.4. The molecule has 0 spiro atoms. The maximum absolute atomic E-state index is 12.4. The summed E-state index contributed by atoms with van der Waals surface area (Å²) in [5, 5.41) is 0. The van der Waals surface area contributed by atoms with Gasteiger partial charge in [-0.15, -0.1) is 0 Å². The molecule has 0 unspecified atom stereocenters. The van der Waals surface area contributed by atoms with E-state index in [4.69, 9.17) is 0 Å². The molecule has 1 amide bonds. The Morgan fingerprint density at radius 3 is 2.52 bits per heavy atom. The fraction of sp³-hybridized carbons (Fsp3) is 0.533. The second kappa shape index (κ2) is 6.05. The largest absolute Gasteiger partial charge is 0.339 e. The van der Waals surface area contributed by atoms with Gasteiger partial charge in [0, 0.05) is 25.2 Å². The van der Waals surface area contributed by atoms with Gasteiger partial charge in [0.1, 0.15) is 0 Å². The zero-order chi connectivity index (χ0) is 15.6. The van der Waals surface area contributed by atoms with Gasteiger partial charge < -0.3 is 4.90 Å². The summed E-state index contributed by atoms with van der Waals surface area (Å²) in [6.07, 6.45) is 2.81. The van der Waals surface area contributed by atoms with Crippen LogP contribution < -0.4 is 4.31 Å². The number of benzene rings is 1. The Hall–Kier alpha value is -1.56.